The average molecular weight is 183 g/mol. The fourth-order valence-corrected chi connectivity index (χ4v) is 1.58. The maximum Gasteiger partial charge on any atom is 0.110 e. The van der Waals surface area contributed by atoms with E-state index in [2.05, 4.69) is 6.92 Å². The SMILES string of the molecule is CC1CCOC1CC(Cl)Cl. The first-order valence-corrected chi connectivity index (χ1v) is 4.47. The van der Waals surface area contributed by atoms with Crippen LogP contribution < -0.4 is 0 Å². The van der Waals surface area contributed by atoms with Crippen LogP contribution >= 0.6 is 23.2 Å². The van der Waals surface area contributed by atoms with E-state index in [1.807, 2.05) is 0 Å². The number of alkyl halides is 2. The number of rotatable bonds is 2. The Morgan fingerprint density at radius 1 is 1.60 bits per heavy atom. The first kappa shape index (κ1) is 8.63. The number of hydrogen-bond donors (Lipinski definition) is 0. The molecule has 1 rings (SSSR count). The highest BCUT2D eigenvalue weighted by Gasteiger charge is 2.25. The molecule has 10 heavy (non-hydrogen) atoms. The van der Waals surface area contributed by atoms with Crippen molar-refractivity contribution in [3.63, 3.8) is 0 Å². The molecule has 0 amide bonds. The molecule has 1 aliphatic rings. The molecule has 60 valence electrons. The minimum atomic E-state index is -0.273. The van der Waals surface area contributed by atoms with Gasteiger partial charge in [0.25, 0.3) is 0 Å². The molecule has 0 aromatic heterocycles. The molecule has 1 aliphatic heterocycles. The van der Waals surface area contributed by atoms with Crippen LogP contribution in [0.3, 0.4) is 0 Å². The predicted molar refractivity (Wildman–Crippen MR) is 43.6 cm³/mol. The van der Waals surface area contributed by atoms with Crippen LogP contribution in [0.4, 0.5) is 0 Å². The van der Waals surface area contributed by atoms with Gasteiger partial charge in [0.15, 0.2) is 0 Å². The van der Waals surface area contributed by atoms with E-state index in [1.54, 1.807) is 0 Å². The summed E-state index contributed by atoms with van der Waals surface area (Å²) in [6, 6.07) is 0. The van der Waals surface area contributed by atoms with E-state index in [0.717, 1.165) is 19.4 Å². The molecule has 0 spiro atoms. The van der Waals surface area contributed by atoms with Crippen LogP contribution in [0, 0.1) is 5.92 Å². The van der Waals surface area contributed by atoms with Crippen molar-refractivity contribution in [3.05, 3.63) is 0 Å². The smallest absolute Gasteiger partial charge is 0.110 e. The first-order valence-electron chi connectivity index (χ1n) is 3.60. The maximum atomic E-state index is 5.61. The van der Waals surface area contributed by atoms with Gasteiger partial charge in [-0.05, 0) is 12.3 Å². The monoisotopic (exact) mass is 182 g/mol. The molecule has 0 N–H and O–H groups in total. The van der Waals surface area contributed by atoms with Crippen molar-refractivity contribution in [3.8, 4) is 0 Å². The zero-order valence-electron chi connectivity index (χ0n) is 6.02. The van der Waals surface area contributed by atoms with Gasteiger partial charge in [0.1, 0.15) is 4.84 Å². The zero-order valence-corrected chi connectivity index (χ0v) is 7.53. The van der Waals surface area contributed by atoms with Crippen LogP contribution in [-0.2, 0) is 4.74 Å². The van der Waals surface area contributed by atoms with Crippen LogP contribution in [-0.4, -0.2) is 17.5 Å². The molecule has 2 unspecified atom stereocenters. The summed E-state index contributed by atoms with van der Waals surface area (Å²) >= 11 is 11.2. The van der Waals surface area contributed by atoms with Gasteiger partial charge in [-0.25, -0.2) is 0 Å². The maximum absolute atomic E-state index is 5.61. The van der Waals surface area contributed by atoms with Gasteiger partial charge < -0.3 is 4.74 Å². The van der Waals surface area contributed by atoms with Gasteiger partial charge in [-0.15, -0.1) is 23.2 Å². The molecule has 0 aromatic rings. The van der Waals surface area contributed by atoms with E-state index in [-0.39, 0.29) is 4.84 Å². The third-order valence-electron chi connectivity index (χ3n) is 1.95. The van der Waals surface area contributed by atoms with Crippen molar-refractivity contribution in [1.82, 2.24) is 0 Å². The molecule has 0 radical (unpaired) electrons. The Hall–Kier alpha value is 0.540. The quantitative estimate of drug-likeness (QED) is 0.598. The Labute approximate surface area is 71.6 Å². The second-order valence-corrected chi connectivity index (χ2v) is 4.08. The molecule has 0 saturated carbocycles. The highest BCUT2D eigenvalue weighted by Crippen LogP contribution is 2.26. The Balaban J connectivity index is 2.26. The molecule has 2 atom stereocenters. The summed E-state index contributed by atoms with van der Waals surface area (Å²) in [5.41, 5.74) is 0. The van der Waals surface area contributed by atoms with E-state index in [4.69, 9.17) is 27.9 Å². The molecule has 1 fully saturated rings. The summed E-state index contributed by atoms with van der Waals surface area (Å²) < 4.78 is 5.41. The van der Waals surface area contributed by atoms with E-state index in [0.29, 0.717) is 12.0 Å². The van der Waals surface area contributed by atoms with E-state index < -0.39 is 0 Å². The van der Waals surface area contributed by atoms with Crippen LogP contribution in [0.2, 0.25) is 0 Å². The Morgan fingerprint density at radius 3 is 2.70 bits per heavy atom. The van der Waals surface area contributed by atoms with Crippen molar-refractivity contribution in [2.45, 2.75) is 30.7 Å². The Bertz CT molecular complexity index is 106. The van der Waals surface area contributed by atoms with Gasteiger partial charge in [-0.1, -0.05) is 6.92 Å². The van der Waals surface area contributed by atoms with Crippen LogP contribution in [0.25, 0.3) is 0 Å². The first-order chi connectivity index (χ1) is 4.70. The third kappa shape index (κ3) is 2.30. The zero-order chi connectivity index (χ0) is 7.56. The molecule has 0 aromatic carbocycles. The molecule has 1 heterocycles. The summed E-state index contributed by atoms with van der Waals surface area (Å²) in [6.07, 6.45) is 2.20. The lowest BCUT2D eigenvalue weighted by Gasteiger charge is -2.13. The van der Waals surface area contributed by atoms with E-state index in [1.165, 1.54) is 0 Å². The minimum absolute atomic E-state index is 0.273. The lowest BCUT2D eigenvalue weighted by molar-refractivity contribution is 0.0900. The van der Waals surface area contributed by atoms with Gasteiger partial charge in [0, 0.05) is 13.0 Å². The molecular weight excluding hydrogens is 171 g/mol. The highest BCUT2D eigenvalue weighted by atomic mass is 35.5. The molecule has 0 aliphatic carbocycles. The highest BCUT2D eigenvalue weighted by molar-refractivity contribution is 6.44. The van der Waals surface area contributed by atoms with Gasteiger partial charge in [0.05, 0.1) is 6.10 Å². The summed E-state index contributed by atoms with van der Waals surface area (Å²) in [4.78, 5) is -0.273. The third-order valence-corrected chi connectivity index (χ3v) is 2.31. The van der Waals surface area contributed by atoms with Gasteiger partial charge >= 0.3 is 0 Å². The Morgan fingerprint density at radius 2 is 2.30 bits per heavy atom. The second-order valence-electron chi connectivity index (χ2n) is 2.80. The number of halogens is 2. The summed E-state index contributed by atoms with van der Waals surface area (Å²) in [6.45, 7) is 3.04. The molecule has 1 nitrogen and oxygen atoms in total. The van der Waals surface area contributed by atoms with Crippen molar-refractivity contribution >= 4 is 23.2 Å². The predicted octanol–water partition coefficient (Wildman–Crippen LogP) is 2.61. The van der Waals surface area contributed by atoms with Crippen molar-refractivity contribution < 1.29 is 4.74 Å². The minimum Gasteiger partial charge on any atom is -0.378 e. The van der Waals surface area contributed by atoms with E-state index in [9.17, 15) is 0 Å². The largest absolute Gasteiger partial charge is 0.378 e. The van der Waals surface area contributed by atoms with Crippen LogP contribution in [0.15, 0.2) is 0 Å². The molecule has 1 saturated heterocycles. The Kier molecular flexibility index (Phi) is 3.28. The van der Waals surface area contributed by atoms with E-state index >= 15 is 0 Å². The number of ether oxygens (including phenoxy) is 1. The normalized spacial score (nSPS) is 33.6. The summed E-state index contributed by atoms with van der Waals surface area (Å²) in [5, 5.41) is 0. The van der Waals surface area contributed by atoms with Crippen molar-refractivity contribution in [1.29, 1.82) is 0 Å². The number of hydrogen-bond acceptors (Lipinski definition) is 1. The molecule has 3 heteroatoms. The lowest BCUT2D eigenvalue weighted by atomic mass is 10.0. The van der Waals surface area contributed by atoms with Gasteiger partial charge in [-0.2, -0.15) is 0 Å². The summed E-state index contributed by atoms with van der Waals surface area (Å²) in [5.74, 6) is 0.625. The average Bonchev–Trinajstić information content (AvgIpc) is 2.15. The van der Waals surface area contributed by atoms with Crippen molar-refractivity contribution in [2.24, 2.45) is 5.92 Å². The molecule has 0 bridgehead atoms. The molecular formula is C7H12Cl2O. The van der Waals surface area contributed by atoms with Crippen LogP contribution in [0.5, 0.6) is 0 Å². The van der Waals surface area contributed by atoms with Crippen LogP contribution in [0.1, 0.15) is 19.8 Å². The standard InChI is InChI=1S/C7H12Cl2O/c1-5-2-3-10-6(5)4-7(8)9/h5-7H,2-4H2,1H3. The lowest BCUT2D eigenvalue weighted by Crippen LogP contribution is -2.15. The van der Waals surface area contributed by atoms with Gasteiger partial charge in [-0.3, -0.25) is 0 Å². The second kappa shape index (κ2) is 3.80. The fourth-order valence-electron chi connectivity index (χ4n) is 1.23. The fraction of sp³-hybridized carbons (Fsp3) is 1.00. The van der Waals surface area contributed by atoms with Gasteiger partial charge in [0.2, 0.25) is 0 Å². The topological polar surface area (TPSA) is 9.23 Å². The van der Waals surface area contributed by atoms with Crippen molar-refractivity contribution in [2.75, 3.05) is 6.61 Å². The summed E-state index contributed by atoms with van der Waals surface area (Å²) in [7, 11) is 0.